The van der Waals surface area contributed by atoms with Gasteiger partial charge in [0, 0.05) is 49.6 Å². The molecule has 11 aromatic rings. The number of fused-ring (bicyclic) bond motifs is 6. The highest BCUT2D eigenvalue weighted by molar-refractivity contribution is 6.19. The van der Waals surface area contributed by atoms with E-state index in [4.69, 9.17) is 9.97 Å². The van der Waals surface area contributed by atoms with Gasteiger partial charge < -0.3 is 9.13 Å². The van der Waals surface area contributed by atoms with Gasteiger partial charge in [-0.25, -0.2) is 9.97 Å². The first-order valence-corrected chi connectivity index (χ1v) is 19.0. The summed E-state index contributed by atoms with van der Waals surface area (Å²) >= 11 is 0. The molecule has 56 heavy (non-hydrogen) atoms. The summed E-state index contributed by atoms with van der Waals surface area (Å²) in [5, 5.41) is 4.92. The fourth-order valence-electron chi connectivity index (χ4n) is 8.29. The number of para-hydroxylation sites is 3. The van der Waals surface area contributed by atoms with E-state index < -0.39 is 0 Å². The number of hydrogen-bond acceptors (Lipinski definition) is 2. The van der Waals surface area contributed by atoms with Crippen molar-refractivity contribution in [1.29, 1.82) is 0 Å². The van der Waals surface area contributed by atoms with E-state index in [2.05, 4.69) is 203 Å². The first-order valence-electron chi connectivity index (χ1n) is 19.0. The largest absolute Gasteiger partial charge is 0.309 e. The Morgan fingerprint density at radius 2 is 0.714 bits per heavy atom. The molecule has 0 unspecified atom stereocenters. The first-order chi connectivity index (χ1) is 27.8. The Kier molecular flexibility index (Phi) is 7.46. The Morgan fingerprint density at radius 3 is 1.34 bits per heavy atom. The van der Waals surface area contributed by atoms with Crippen LogP contribution in [-0.2, 0) is 0 Å². The topological polar surface area (TPSA) is 35.6 Å². The van der Waals surface area contributed by atoms with Crippen molar-refractivity contribution in [2.45, 2.75) is 0 Å². The van der Waals surface area contributed by atoms with Gasteiger partial charge in [-0.15, -0.1) is 0 Å². The summed E-state index contributed by atoms with van der Waals surface area (Å²) in [5.74, 6) is 0.683. The Morgan fingerprint density at radius 1 is 0.268 bits per heavy atom. The summed E-state index contributed by atoms with van der Waals surface area (Å²) in [6.45, 7) is 0. The van der Waals surface area contributed by atoms with Crippen LogP contribution < -0.4 is 0 Å². The molecule has 0 atom stereocenters. The van der Waals surface area contributed by atoms with Crippen LogP contribution in [0.25, 0.3) is 100 Å². The molecule has 0 aliphatic carbocycles. The molecule has 4 nitrogen and oxygen atoms in total. The van der Waals surface area contributed by atoms with Gasteiger partial charge in [-0.1, -0.05) is 152 Å². The first kappa shape index (κ1) is 31.9. The highest BCUT2D eigenvalue weighted by Crippen LogP contribution is 2.40. The van der Waals surface area contributed by atoms with Crippen molar-refractivity contribution in [2.24, 2.45) is 0 Å². The van der Waals surface area contributed by atoms with E-state index in [1.807, 2.05) is 12.1 Å². The summed E-state index contributed by atoms with van der Waals surface area (Å²) in [4.78, 5) is 10.4. The molecule has 0 fully saturated rings. The van der Waals surface area contributed by atoms with Crippen LogP contribution in [0.2, 0.25) is 0 Å². The van der Waals surface area contributed by atoms with Gasteiger partial charge in [-0.3, -0.25) is 0 Å². The van der Waals surface area contributed by atoms with Gasteiger partial charge >= 0.3 is 0 Å². The minimum absolute atomic E-state index is 0.683. The van der Waals surface area contributed by atoms with Crippen molar-refractivity contribution in [1.82, 2.24) is 19.1 Å². The van der Waals surface area contributed by atoms with E-state index in [1.54, 1.807) is 0 Å². The number of nitrogens with zero attached hydrogens (tertiary/aromatic N) is 4. The SMILES string of the molecule is c1ccc(-c2ccc(-c3cc(-c4ccccc4)nc(-c4cccc(-n5c6ccccc6c6cc7c8ccccc8n(-c8ccccc8)c7cc65)c4)n3)cc2)cc1. The molecule has 0 bridgehead atoms. The fraction of sp³-hybridized carbons (Fsp3) is 0. The van der Waals surface area contributed by atoms with E-state index in [0.717, 1.165) is 50.5 Å². The van der Waals surface area contributed by atoms with Crippen LogP contribution in [0.1, 0.15) is 0 Å². The van der Waals surface area contributed by atoms with E-state index in [9.17, 15) is 0 Å². The normalized spacial score (nSPS) is 11.6. The molecule has 0 radical (unpaired) electrons. The molecule has 262 valence electrons. The van der Waals surface area contributed by atoms with Gasteiger partial charge in [-0.05, 0) is 65.7 Å². The van der Waals surface area contributed by atoms with Gasteiger partial charge in [0.1, 0.15) is 0 Å². The molecular formula is C52H34N4. The molecule has 0 aliphatic rings. The van der Waals surface area contributed by atoms with Gasteiger partial charge in [0.25, 0.3) is 0 Å². The van der Waals surface area contributed by atoms with Crippen LogP contribution in [0.5, 0.6) is 0 Å². The Bertz CT molecular complexity index is 3220. The highest BCUT2D eigenvalue weighted by Gasteiger charge is 2.19. The van der Waals surface area contributed by atoms with Crippen molar-refractivity contribution in [3.63, 3.8) is 0 Å². The van der Waals surface area contributed by atoms with Gasteiger partial charge in [0.2, 0.25) is 0 Å². The molecule has 4 heteroatoms. The molecule has 0 spiro atoms. The number of aromatic nitrogens is 4. The minimum Gasteiger partial charge on any atom is -0.309 e. The molecule has 11 rings (SSSR count). The monoisotopic (exact) mass is 714 g/mol. The van der Waals surface area contributed by atoms with E-state index in [1.165, 1.54) is 43.7 Å². The average molecular weight is 715 g/mol. The van der Waals surface area contributed by atoms with Crippen molar-refractivity contribution in [2.75, 3.05) is 0 Å². The van der Waals surface area contributed by atoms with Crippen LogP contribution in [0.3, 0.4) is 0 Å². The third-order valence-electron chi connectivity index (χ3n) is 10.9. The van der Waals surface area contributed by atoms with Gasteiger partial charge in [0.05, 0.1) is 33.5 Å². The summed E-state index contributed by atoms with van der Waals surface area (Å²) < 4.78 is 4.78. The number of rotatable bonds is 6. The van der Waals surface area contributed by atoms with E-state index in [-0.39, 0.29) is 0 Å². The molecule has 0 saturated carbocycles. The zero-order valence-electron chi connectivity index (χ0n) is 30.4. The zero-order valence-corrected chi connectivity index (χ0v) is 30.4. The standard InChI is InChI=1S/C52H34N4/c1-4-15-35(16-5-1)36-27-29-38(30-28-36)47-33-46(37-17-6-2-7-18-37)53-52(54-47)39-19-14-22-41(31-39)56-49-26-13-11-24-43(49)45-32-44-42-23-10-12-25-48(42)55(50(44)34-51(45)56)40-20-8-3-9-21-40/h1-34H. The summed E-state index contributed by atoms with van der Waals surface area (Å²) in [6, 6.07) is 73.1. The van der Waals surface area contributed by atoms with E-state index in [0.29, 0.717) is 5.82 Å². The summed E-state index contributed by atoms with van der Waals surface area (Å²) in [7, 11) is 0. The Balaban J connectivity index is 1.10. The second-order valence-electron chi connectivity index (χ2n) is 14.2. The average Bonchev–Trinajstić information content (AvgIpc) is 3.78. The summed E-state index contributed by atoms with van der Waals surface area (Å²) in [5.41, 5.74) is 14.0. The Hall–Kier alpha value is -7.56. The van der Waals surface area contributed by atoms with Crippen LogP contribution in [0, 0.1) is 0 Å². The molecule has 0 aliphatic heterocycles. The van der Waals surface area contributed by atoms with Crippen molar-refractivity contribution in [3.8, 4) is 56.4 Å². The fourth-order valence-corrected chi connectivity index (χ4v) is 8.29. The lowest BCUT2D eigenvalue weighted by Crippen LogP contribution is -1.98. The molecular weight excluding hydrogens is 681 g/mol. The third-order valence-corrected chi connectivity index (χ3v) is 10.9. The maximum Gasteiger partial charge on any atom is 0.160 e. The smallest absolute Gasteiger partial charge is 0.160 e. The lowest BCUT2D eigenvalue weighted by Gasteiger charge is -2.13. The molecule has 0 N–H and O–H groups in total. The second-order valence-corrected chi connectivity index (χ2v) is 14.2. The lowest BCUT2D eigenvalue weighted by molar-refractivity contribution is 1.15. The molecule has 3 heterocycles. The van der Waals surface area contributed by atoms with Crippen molar-refractivity contribution in [3.05, 3.63) is 206 Å². The van der Waals surface area contributed by atoms with Crippen LogP contribution >= 0.6 is 0 Å². The molecule has 8 aromatic carbocycles. The molecule has 0 saturated heterocycles. The predicted molar refractivity (Wildman–Crippen MR) is 232 cm³/mol. The second kappa shape index (κ2) is 13.1. The highest BCUT2D eigenvalue weighted by atomic mass is 15.0. The third kappa shape index (κ3) is 5.31. The molecule has 3 aromatic heterocycles. The quantitative estimate of drug-likeness (QED) is 0.172. The minimum atomic E-state index is 0.683. The maximum absolute atomic E-state index is 5.24. The Labute approximate surface area is 324 Å². The molecule has 0 amide bonds. The van der Waals surface area contributed by atoms with Crippen LogP contribution in [-0.4, -0.2) is 19.1 Å². The van der Waals surface area contributed by atoms with Crippen molar-refractivity contribution >= 4 is 43.6 Å². The lowest BCUT2D eigenvalue weighted by atomic mass is 10.0. The predicted octanol–water partition coefficient (Wildman–Crippen LogP) is 13.3. The van der Waals surface area contributed by atoms with Gasteiger partial charge in [0.15, 0.2) is 5.82 Å². The van der Waals surface area contributed by atoms with Crippen molar-refractivity contribution < 1.29 is 0 Å². The zero-order chi connectivity index (χ0) is 37.0. The summed E-state index contributed by atoms with van der Waals surface area (Å²) in [6.07, 6.45) is 0. The van der Waals surface area contributed by atoms with Gasteiger partial charge in [-0.2, -0.15) is 0 Å². The number of benzene rings is 8. The maximum atomic E-state index is 5.24. The van der Waals surface area contributed by atoms with E-state index >= 15 is 0 Å². The number of hydrogen-bond donors (Lipinski definition) is 0. The van der Waals surface area contributed by atoms with Crippen LogP contribution in [0.4, 0.5) is 0 Å². The van der Waals surface area contributed by atoms with Crippen LogP contribution in [0.15, 0.2) is 206 Å².